The van der Waals surface area contributed by atoms with E-state index >= 15 is 0 Å². The Morgan fingerprint density at radius 3 is 2.44 bits per heavy atom. The molecule has 0 spiro atoms. The summed E-state index contributed by atoms with van der Waals surface area (Å²) in [6.45, 7) is 16.5. The SMILES string of the molecule is C=C(Nc1ccccc1NC(=O)c1ccc(CNCCCCCN2CCOCC2)cn1)OC(C)(C)C. The molecule has 1 aromatic carbocycles. The van der Waals surface area contributed by atoms with E-state index in [-0.39, 0.29) is 11.5 Å². The summed E-state index contributed by atoms with van der Waals surface area (Å²) in [4.78, 5) is 19.6. The molecule has 0 unspecified atom stereocenters. The summed E-state index contributed by atoms with van der Waals surface area (Å²) in [6.07, 6.45) is 5.35. The molecule has 8 heteroatoms. The molecule has 3 rings (SSSR count). The first-order valence-electron chi connectivity index (χ1n) is 12.8. The third kappa shape index (κ3) is 9.97. The Labute approximate surface area is 215 Å². The molecule has 8 nitrogen and oxygen atoms in total. The van der Waals surface area contributed by atoms with Gasteiger partial charge in [-0.3, -0.25) is 14.7 Å². The van der Waals surface area contributed by atoms with Gasteiger partial charge in [-0.15, -0.1) is 0 Å². The van der Waals surface area contributed by atoms with E-state index in [9.17, 15) is 4.79 Å². The molecule has 1 amide bonds. The summed E-state index contributed by atoms with van der Waals surface area (Å²) >= 11 is 0. The Kier molecular flexibility index (Phi) is 10.7. The standard InChI is InChI=1S/C28H41N5O3/c1-22(36-28(2,3)4)31-24-10-6-7-11-25(24)32-27(34)26-13-12-23(21-30-26)20-29-14-8-5-9-15-33-16-18-35-19-17-33/h6-7,10-13,21,29,31H,1,5,8-9,14-20H2,2-4H3,(H,32,34). The lowest BCUT2D eigenvalue weighted by atomic mass is 10.2. The van der Waals surface area contributed by atoms with Crippen LogP contribution in [0.1, 0.15) is 56.1 Å². The van der Waals surface area contributed by atoms with E-state index in [0.29, 0.717) is 23.0 Å². The predicted molar refractivity (Wildman–Crippen MR) is 145 cm³/mol. The first-order valence-corrected chi connectivity index (χ1v) is 12.8. The van der Waals surface area contributed by atoms with Crippen molar-refractivity contribution in [2.45, 2.75) is 52.2 Å². The summed E-state index contributed by atoms with van der Waals surface area (Å²) in [5, 5.41) is 9.51. The van der Waals surface area contributed by atoms with Crippen LogP contribution < -0.4 is 16.0 Å². The molecule has 0 atom stereocenters. The molecule has 0 aliphatic carbocycles. The van der Waals surface area contributed by atoms with E-state index in [1.807, 2.05) is 51.1 Å². The van der Waals surface area contributed by atoms with Gasteiger partial charge in [0.1, 0.15) is 11.3 Å². The first-order chi connectivity index (χ1) is 17.3. The van der Waals surface area contributed by atoms with E-state index in [1.54, 1.807) is 12.3 Å². The maximum Gasteiger partial charge on any atom is 0.274 e. The summed E-state index contributed by atoms with van der Waals surface area (Å²) in [5.41, 5.74) is 2.37. The van der Waals surface area contributed by atoms with Crippen molar-refractivity contribution in [1.82, 2.24) is 15.2 Å². The maximum atomic E-state index is 12.8. The van der Waals surface area contributed by atoms with E-state index in [0.717, 1.165) is 57.9 Å². The minimum Gasteiger partial charge on any atom is -0.474 e. The number of aromatic nitrogens is 1. The molecular weight excluding hydrogens is 454 g/mol. The second-order valence-electron chi connectivity index (χ2n) is 10.0. The zero-order valence-electron chi connectivity index (χ0n) is 21.9. The summed E-state index contributed by atoms with van der Waals surface area (Å²) in [5.74, 6) is 0.141. The molecule has 2 heterocycles. The van der Waals surface area contributed by atoms with Crippen LogP contribution in [0, 0.1) is 0 Å². The van der Waals surface area contributed by atoms with Crippen LogP contribution >= 0.6 is 0 Å². The van der Waals surface area contributed by atoms with Gasteiger partial charge >= 0.3 is 0 Å². The number of anilines is 2. The van der Waals surface area contributed by atoms with Crippen molar-refractivity contribution in [2.75, 3.05) is 50.0 Å². The maximum absolute atomic E-state index is 12.8. The van der Waals surface area contributed by atoms with Gasteiger partial charge in [-0.2, -0.15) is 0 Å². The molecule has 2 aromatic rings. The second-order valence-corrected chi connectivity index (χ2v) is 10.0. The number of ether oxygens (including phenoxy) is 2. The number of nitrogens with zero attached hydrogens (tertiary/aromatic N) is 2. The van der Waals surface area contributed by atoms with Crippen molar-refractivity contribution >= 4 is 17.3 Å². The van der Waals surface area contributed by atoms with Gasteiger partial charge in [-0.25, -0.2) is 0 Å². The van der Waals surface area contributed by atoms with Crippen LogP contribution in [0.5, 0.6) is 0 Å². The normalized spacial score (nSPS) is 14.3. The largest absolute Gasteiger partial charge is 0.474 e. The fraction of sp³-hybridized carbons (Fsp3) is 0.500. The third-order valence-electron chi connectivity index (χ3n) is 5.70. The van der Waals surface area contributed by atoms with Gasteiger partial charge in [0.15, 0.2) is 5.88 Å². The number of rotatable bonds is 13. The molecule has 0 radical (unpaired) electrons. The number of pyridine rings is 1. The van der Waals surface area contributed by atoms with Crippen LogP contribution in [0.2, 0.25) is 0 Å². The van der Waals surface area contributed by atoms with Crippen molar-refractivity contribution in [2.24, 2.45) is 0 Å². The first kappa shape index (κ1) is 27.6. The Balaban J connectivity index is 1.39. The topological polar surface area (TPSA) is 87.8 Å². The van der Waals surface area contributed by atoms with Crippen molar-refractivity contribution < 1.29 is 14.3 Å². The number of hydrogen-bond acceptors (Lipinski definition) is 7. The molecule has 1 fully saturated rings. The van der Waals surface area contributed by atoms with E-state index in [4.69, 9.17) is 9.47 Å². The smallest absolute Gasteiger partial charge is 0.274 e. The minimum atomic E-state index is -0.369. The number of morpholine rings is 1. The number of carbonyl (C=O) groups excluding carboxylic acids is 1. The van der Waals surface area contributed by atoms with Crippen LogP contribution in [0.15, 0.2) is 55.1 Å². The van der Waals surface area contributed by atoms with Crippen LogP contribution in [0.3, 0.4) is 0 Å². The Morgan fingerprint density at radius 2 is 1.78 bits per heavy atom. The number of amides is 1. The highest BCUT2D eigenvalue weighted by molar-refractivity contribution is 6.04. The summed E-state index contributed by atoms with van der Waals surface area (Å²) < 4.78 is 11.1. The lowest BCUT2D eigenvalue weighted by molar-refractivity contribution is 0.0371. The van der Waals surface area contributed by atoms with Gasteiger partial charge < -0.3 is 25.4 Å². The zero-order chi connectivity index (χ0) is 25.8. The van der Waals surface area contributed by atoms with Crippen molar-refractivity contribution in [3.63, 3.8) is 0 Å². The number of unbranched alkanes of at least 4 members (excludes halogenated alkanes) is 2. The number of benzene rings is 1. The van der Waals surface area contributed by atoms with E-state index in [1.165, 1.54) is 12.8 Å². The summed E-state index contributed by atoms with van der Waals surface area (Å²) in [6, 6.07) is 11.1. The molecule has 0 bridgehead atoms. The van der Waals surface area contributed by atoms with Crippen LogP contribution in [-0.4, -0.2) is 60.8 Å². The molecule has 0 saturated carbocycles. The molecule has 1 saturated heterocycles. The Bertz CT molecular complexity index is 966. The molecule has 196 valence electrons. The van der Waals surface area contributed by atoms with Crippen molar-refractivity contribution in [3.8, 4) is 0 Å². The van der Waals surface area contributed by atoms with Crippen LogP contribution in [-0.2, 0) is 16.0 Å². The highest BCUT2D eigenvalue weighted by Gasteiger charge is 2.15. The third-order valence-corrected chi connectivity index (χ3v) is 5.70. The molecule has 1 aromatic heterocycles. The minimum absolute atomic E-state index is 0.272. The molecule has 1 aliphatic heterocycles. The lowest BCUT2D eigenvalue weighted by Crippen LogP contribution is -2.36. The molecule has 3 N–H and O–H groups in total. The zero-order valence-corrected chi connectivity index (χ0v) is 21.9. The molecular formula is C28H41N5O3. The van der Waals surface area contributed by atoms with Gasteiger partial charge in [0, 0.05) is 25.8 Å². The lowest BCUT2D eigenvalue weighted by Gasteiger charge is -2.26. The summed E-state index contributed by atoms with van der Waals surface area (Å²) in [7, 11) is 0. The number of para-hydroxylation sites is 2. The Hall–Kier alpha value is -2.94. The highest BCUT2D eigenvalue weighted by atomic mass is 16.5. The Morgan fingerprint density at radius 1 is 1.06 bits per heavy atom. The molecule has 1 aliphatic rings. The quantitative estimate of drug-likeness (QED) is 0.276. The van der Waals surface area contributed by atoms with Crippen molar-refractivity contribution in [3.05, 3.63) is 66.3 Å². The van der Waals surface area contributed by atoms with Gasteiger partial charge in [0.05, 0.1) is 24.6 Å². The second kappa shape index (κ2) is 14.0. The van der Waals surface area contributed by atoms with E-state index in [2.05, 4.69) is 32.4 Å². The number of hydrogen-bond donors (Lipinski definition) is 3. The average Bonchev–Trinajstić information content (AvgIpc) is 2.84. The highest BCUT2D eigenvalue weighted by Crippen LogP contribution is 2.24. The van der Waals surface area contributed by atoms with Crippen LogP contribution in [0.4, 0.5) is 11.4 Å². The van der Waals surface area contributed by atoms with Gasteiger partial charge in [-0.05, 0) is 77.0 Å². The number of nitrogens with one attached hydrogen (secondary N) is 3. The fourth-order valence-corrected chi connectivity index (χ4v) is 3.92. The van der Waals surface area contributed by atoms with Crippen molar-refractivity contribution in [1.29, 1.82) is 0 Å². The predicted octanol–water partition coefficient (Wildman–Crippen LogP) is 4.62. The van der Waals surface area contributed by atoms with E-state index < -0.39 is 0 Å². The fourth-order valence-electron chi connectivity index (χ4n) is 3.92. The average molecular weight is 496 g/mol. The molecule has 36 heavy (non-hydrogen) atoms. The van der Waals surface area contributed by atoms with Gasteiger partial charge in [0.2, 0.25) is 0 Å². The van der Waals surface area contributed by atoms with Crippen LogP contribution in [0.25, 0.3) is 0 Å². The monoisotopic (exact) mass is 495 g/mol. The van der Waals surface area contributed by atoms with Gasteiger partial charge in [-0.1, -0.05) is 24.6 Å². The van der Waals surface area contributed by atoms with Gasteiger partial charge in [0.25, 0.3) is 5.91 Å². The number of carbonyl (C=O) groups is 1.